The first kappa shape index (κ1) is 13.2. The second kappa shape index (κ2) is 4.96. The zero-order valence-corrected chi connectivity index (χ0v) is 13.1. The molecule has 0 bridgehead atoms. The summed E-state index contributed by atoms with van der Waals surface area (Å²) < 4.78 is 29.6. The van der Waals surface area contributed by atoms with Crippen LogP contribution in [-0.4, -0.2) is 0 Å². The highest BCUT2D eigenvalue weighted by molar-refractivity contribution is 9.09. The van der Waals surface area contributed by atoms with Gasteiger partial charge in [-0.15, -0.1) is 22.7 Å². The third kappa shape index (κ3) is 2.35. The molecule has 1 unspecified atom stereocenters. The predicted molar refractivity (Wildman–Crippen MR) is 81.6 cm³/mol. The molecule has 0 aliphatic rings. The van der Waals surface area contributed by atoms with Crippen LogP contribution in [0.3, 0.4) is 0 Å². The molecule has 0 saturated carbocycles. The van der Waals surface area contributed by atoms with Gasteiger partial charge in [0, 0.05) is 25.9 Å². The molecule has 0 aliphatic carbocycles. The van der Waals surface area contributed by atoms with Crippen LogP contribution in [0, 0.1) is 18.6 Å². The van der Waals surface area contributed by atoms with Gasteiger partial charge in [0.15, 0.2) is 0 Å². The van der Waals surface area contributed by atoms with E-state index in [0.717, 1.165) is 10.9 Å². The van der Waals surface area contributed by atoms with Crippen LogP contribution in [0.15, 0.2) is 29.6 Å². The molecular formula is C14H9BrF2S2. The smallest absolute Gasteiger partial charge is 0.130 e. The molecule has 98 valence electrons. The Bertz CT molecular complexity index is 717. The number of hydrogen-bond acceptors (Lipinski definition) is 2. The third-order valence-corrected chi connectivity index (χ3v) is 6.41. The van der Waals surface area contributed by atoms with E-state index in [1.54, 1.807) is 35.7 Å². The van der Waals surface area contributed by atoms with Gasteiger partial charge in [-0.3, -0.25) is 0 Å². The number of fused-ring (bicyclic) bond motifs is 1. The van der Waals surface area contributed by atoms with Gasteiger partial charge in [-0.1, -0.05) is 15.9 Å². The summed E-state index contributed by atoms with van der Waals surface area (Å²) in [6.45, 7) is 1.64. The maximum atomic E-state index is 13.9. The minimum Gasteiger partial charge on any atom is -0.207 e. The summed E-state index contributed by atoms with van der Waals surface area (Å²) in [7, 11) is 0. The largest absolute Gasteiger partial charge is 0.207 e. The normalized spacial score (nSPS) is 13.1. The Morgan fingerprint density at radius 1 is 1.11 bits per heavy atom. The van der Waals surface area contributed by atoms with E-state index in [0.29, 0.717) is 11.1 Å². The first-order chi connectivity index (χ1) is 9.06. The number of alkyl halides is 1. The molecule has 5 heteroatoms. The molecule has 0 spiro atoms. The Morgan fingerprint density at radius 2 is 1.89 bits per heavy atom. The fourth-order valence-electron chi connectivity index (χ4n) is 1.94. The van der Waals surface area contributed by atoms with Gasteiger partial charge >= 0.3 is 0 Å². The lowest BCUT2D eigenvalue weighted by atomic mass is 10.1. The summed E-state index contributed by atoms with van der Waals surface area (Å²) in [5, 5.41) is 2.04. The molecule has 0 radical (unpaired) electrons. The molecule has 0 amide bonds. The van der Waals surface area contributed by atoms with Crippen molar-refractivity contribution in [3.8, 4) is 0 Å². The number of aryl methyl sites for hydroxylation is 1. The maximum absolute atomic E-state index is 13.9. The van der Waals surface area contributed by atoms with E-state index in [1.165, 1.54) is 9.40 Å². The molecule has 0 saturated heterocycles. The molecule has 0 N–H and O–H groups in total. The first-order valence-electron chi connectivity index (χ1n) is 5.63. The Balaban J connectivity index is 2.06. The van der Waals surface area contributed by atoms with Gasteiger partial charge in [0.25, 0.3) is 0 Å². The van der Waals surface area contributed by atoms with Gasteiger partial charge < -0.3 is 0 Å². The standard InChI is InChI=1S/C14H9BrF2S2/c1-7-4-8(10(17)5-9(7)16)14(15)13-6-12-11(19-13)2-3-18-12/h2-6,14H,1H3. The molecule has 2 heterocycles. The van der Waals surface area contributed by atoms with Crippen LogP contribution in [-0.2, 0) is 0 Å². The van der Waals surface area contributed by atoms with Crippen LogP contribution in [0.4, 0.5) is 8.78 Å². The summed E-state index contributed by atoms with van der Waals surface area (Å²) in [5.41, 5.74) is 0.937. The molecule has 0 aliphatic heterocycles. The van der Waals surface area contributed by atoms with E-state index in [9.17, 15) is 8.78 Å². The minimum atomic E-state index is -0.512. The Hall–Kier alpha value is -0.780. The summed E-state index contributed by atoms with van der Waals surface area (Å²) in [5.74, 6) is -1.02. The molecule has 19 heavy (non-hydrogen) atoms. The second-order valence-corrected chi connectivity index (χ2v) is 7.26. The number of halogens is 3. The van der Waals surface area contributed by atoms with Crippen molar-refractivity contribution >= 4 is 48.0 Å². The third-order valence-electron chi connectivity index (χ3n) is 2.96. The van der Waals surface area contributed by atoms with Gasteiger partial charge in [-0.2, -0.15) is 0 Å². The molecule has 2 aromatic heterocycles. The Labute approximate surface area is 125 Å². The molecule has 1 atom stereocenters. The highest BCUT2D eigenvalue weighted by atomic mass is 79.9. The van der Waals surface area contributed by atoms with Crippen molar-refractivity contribution < 1.29 is 8.78 Å². The van der Waals surface area contributed by atoms with Crippen molar-refractivity contribution in [3.05, 3.63) is 57.3 Å². The molecular weight excluding hydrogens is 350 g/mol. The van der Waals surface area contributed by atoms with Gasteiger partial charge in [0.2, 0.25) is 0 Å². The van der Waals surface area contributed by atoms with E-state index >= 15 is 0 Å². The van der Waals surface area contributed by atoms with Crippen molar-refractivity contribution in [2.24, 2.45) is 0 Å². The fraction of sp³-hybridized carbons (Fsp3) is 0.143. The van der Waals surface area contributed by atoms with Crippen molar-refractivity contribution in [2.75, 3.05) is 0 Å². The zero-order chi connectivity index (χ0) is 13.6. The summed E-state index contributed by atoms with van der Waals surface area (Å²) in [6.07, 6.45) is 0. The average molecular weight is 359 g/mol. The van der Waals surface area contributed by atoms with Gasteiger partial charge in [-0.25, -0.2) is 8.78 Å². The number of benzene rings is 1. The topological polar surface area (TPSA) is 0 Å². The van der Waals surface area contributed by atoms with Crippen LogP contribution in [0.5, 0.6) is 0 Å². The molecule has 3 aromatic rings. The highest BCUT2D eigenvalue weighted by Crippen LogP contribution is 2.41. The van der Waals surface area contributed by atoms with Gasteiger partial charge in [-0.05, 0) is 36.1 Å². The predicted octanol–water partition coefficient (Wildman–Crippen LogP) is 6.03. The minimum absolute atomic E-state index is 0.239. The van der Waals surface area contributed by atoms with Crippen LogP contribution in [0.25, 0.3) is 9.40 Å². The SMILES string of the molecule is Cc1cc(C(Br)c2cc3sccc3s2)c(F)cc1F. The average Bonchev–Trinajstić information content (AvgIpc) is 2.93. The van der Waals surface area contributed by atoms with Crippen LogP contribution in [0.1, 0.15) is 20.8 Å². The summed E-state index contributed by atoms with van der Waals surface area (Å²) >= 11 is 6.81. The summed E-state index contributed by atoms with van der Waals surface area (Å²) in [6, 6.07) is 6.63. The van der Waals surface area contributed by atoms with E-state index in [2.05, 4.69) is 28.1 Å². The molecule has 3 rings (SSSR count). The monoisotopic (exact) mass is 358 g/mol. The van der Waals surface area contributed by atoms with Crippen LogP contribution >= 0.6 is 38.6 Å². The lowest BCUT2D eigenvalue weighted by Crippen LogP contribution is -1.97. The van der Waals surface area contributed by atoms with Crippen molar-refractivity contribution in [3.63, 3.8) is 0 Å². The van der Waals surface area contributed by atoms with E-state index in [4.69, 9.17) is 0 Å². The Morgan fingerprint density at radius 3 is 2.63 bits per heavy atom. The molecule has 0 fully saturated rings. The van der Waals surface area contributed by atoms with Crippen LogP contribution < -0.4 is 0 Å². The van der Waals surface area contributed by atoms with Crippen molar-refractivity contribution in [1.82, 2.24) is 0 Å². The fourth-order valence-corrected chi connectivity index (χ4v) is 4.82. The quantitative estimate of drug-likeness (QED) is 0.490. The number of thiophene rings is 2. The van der Waals surface area contributed by atoms with Crippen molar-refractivity contribution in [1.29, 1.82) is 0 Å². The first-order valence-corrected chi connectivity index (χ1v) is 8.24. The maximum Gasteiger partial charge on any atom is 0.130 e. The molecule has 0 nitrogen and oxygen atoms in total. The van der Waals surface area contributed by atoms with Crippen LogP contribution in [0.2, 0.25) is 0 Å². The van der Waals surface area contributed by atoms with E-state index in [-0.39, 0.29) is 4.83 Å². The number of hydrogen-bond donors (Lipinski definition) is 0. The Kier molecular flexibility index (Phi) is 3.45. The highest BCUT2D eigenvalue weighted by Gasteiger charge is 2.19. The zero-order valence-electron chi connectivity index (χ0n) is 9.91. The van der Waals surface area contributed by atoms with Gasteiger partial charge in [0.1, 0.15) is 11.6 Å². The van der Waals surface area contributed by atoms with E-state index < -0.39 is 11.6 Å². The lowest BCUT2D eigenvalue weighted by molar-refractivity contribution is 0.569. The van der Waals surface area contributed by atoms with E-state index in [1.807, 2.05) is 5.38 Å². The lowest BCUT2D eigenvalue weighted by Gasteiger charge is -2.11. The van der Waals surface area contributed by atoms with Gasteiger partial charge in [0.05, 0.1) is 4.83 Å². The second-order valence-electron chi connectivity index (χ2n) is 4.28. The number of rotatable bonds is 2. The van der Waals surface area contributed by atoms with Crippen molar-refractivity contribution in [2.45, 2.75) is 11.8 Å². The summed E-state index contributed by atoms with van der Waals surface area (Å²) in [4.78, 5) is 0.795. The molecule has 1 aromatic carbocycles.